The largest absolute Gasteiger partial charge is 0.493 e. The maximum Gasteiger partial charge on any atom is 0.416 e. The first-order chi connectivity index (χ1) is 14.7. The first-order valence-electron chi connectivity index (χ1n) is 8.60. The molecule has 10 heteroatoms. The molecule has 0 unspecified atom stereocenters. The molecule has 3 rings (SSSR count). The predicted octanol–water partition coefficient (Wildman–Crippen LogP) is 6.54. The van der Waals surface area contributed by atoms with Gasteiger partial charge in [0.2, 0.25) is 5.75 Å². The Morgan fingerprint density at radius 2 is 1.90 bits per heavy atom. The van der Waals surface area contributed by atoms with Crippen molar-refractivity contribution < 1.29 is 27.6 Å². The molecule has 0 bridgehead atoms. The van der Waals surface area contributed by atoms with Crippen LogP contribution in [0.5, 0.6) is 17.2 Å². The molecule has 3 aromatic rings. The summed E-state index contributed by atoms with van der Waals surface area (Å²) in [5.74, 6) is -0.112. The number of nitro benzene ring substituents is 1. The number of hydrogen-bond donors (Lipinski definition) is 0. The van der Waals surface area contributed by atoms with E-state index in [9.17, 15) is 28.5 Å². The van der Waals surface area contributed by atoms with Gasteiger partial charge in [0.15, 0.2) is 11.5 Å². The van der Waals surface area contributed by atoms with Gasteiger partial charge in [0.25, 0.3) is 0 Å². The number of thiophene rings is 1. The molecule has 1 heterocycles. The molecule has 0 saturated heterocycles. The van der Waals surface area contributed by atoms with Crippen molar-refractivity contribution in [3.05, 3.63) is 80.0 Å². The molecular weight excluding hydrogens is 433 g/mol. The summed E-state index contributed by atoms with van der Waals surface area (Å²) in [6, 6.07) is 12.3. The number of halogens is 3. The van der Waals surface area contributed by atoms with Crippen molar-refractivity contribution >= 4 is 28.7 Å². The van der Waals surface area contributed by atoms with Crippen LogP contribution in [0.3, 0.4) is 0 Å². The lowest BCUT2D eigenvalue weighted by molar-refractivity contribution is -0.385. The van der Waals surface area contributed by atoms with Crippen LogP contribution in [0.15, 0.2) is 53.9 Å². The third-order valence-corrected chi connectivity index (χ3v) is 5.01. The fourth-order valence-corrected chi connectivity index (χ4v) is 3.35. The summed E-state index contributed by atoms with van der Waals surface area (Å²) in [6.45, 7) is 0. The van der Waals surface area contributed by atoms with E-state index in [1.165, 1.54) is 24.5 Å². The van der Waals surface area contributed by atoms with Crippen LogP contribution in [0.25, 0.3) is 11.6 Å². The minimum atomic E-state index is -4.73. The molecule has 31 heavy (non-hydrogen) atoms. The first-order valence-corrected chi connectivity index (χ1v) is 9.48. The van der Waals surface area contributed by atoms with E-state index in [4.69, 9.17) is 9.47 Å². The summed E-state index contributed by atoms with van der Waals surface area (Å²) in [4.78, 5) is 11.1. The van der Waals surface area contributed by atoms with Crippen molar-refractivity contribution in [2.24, 2.45) is 0 Å². The highest BCUT2D eigenvalue weighted by Gasteiger charge is 2.33. The molecule has 0 amide bonds. The van der Waals surface area contributed by atoms with Crippen molar-refractivity contribution in [2.75, 3.05) is 7.11 Å². The van der Waals surface area contributed by atoms with Gasteiger partial charge in [-0.2, -0.15) is 18.4 Å². The molecule has 1 aromatic heterocycles. The second-order valence-electron chi connectivity index (χ2n) is 6.10. The third-order valence-electron chi connectivity index (χ3n) is 4.11. The molecule has 0 fully saturated rings. The number of nitriles is 1. The Kier molecular flexibility index (Phi) is 6.27. The van der Waals surface area contributed by atoms with Gasteiger partial charge in [0.05, 0.1) is 23.2 Å². The average molecular weight is 446 g/mol. The highest BCUT2D eigenvalue weighted by atomic mass is 32.1. The second kappa shape index (κ2) is 8.89. The molecular formula is C21H13F3N2O4S. The zero-order valence-corrected chi connectivity index (χ0v) is 16.7. The fraction of sp³-hybridized carbons (Fsp3) is 0.0952. The molecule has 0 atom stereocenters. The van der Waals surface area contributed by atoms with Crippen molar-refractivity contribution in [1.82, 2.24) is 0 Å². The number of ether oxygens (including phenoxy) is 2. The number of alkyl halides is 3. The quantitative estimate of drug-likeness (QED) is 0.244. The van der Waals surface area contributed by atoms with E-state index >= 15 is 0 Å². The normalized spacial score (nSPS) is 11.6. The van der Waals surface area contributed by atoms with Gasteiger partial charge in [-0.3, -0.25) is 10.1 Å². The van der Waals surface area contributed by atoms with E-state index in [0.29, 0.717) is 23.3 Å². The number of methoxy groups -OCH3 is 1. The number of benzene rings is 2. The van der Waals surface area contributed by atoms with Crippen LogP contribution >= 0.6 is 11.3 Å². The van der Waals surface area contributed by atoms with Crippen LogP contribution in [0.4, 0.5) is 18.9 Å². The van der Waals surface area contributed by atoms with Gasteiger partial charge in [-0.1, -0.05) is 12.1 Å². The van der Waals surface area contributed by atoms with E-state index < -0.39 is 22.4 Å². The number of nitrogens with zero attached hydrogens (tertiary/aromatic N) is 2. The lowest BCUT2D eigenvalue weighted by Gasteiger charge is -2.13. The number of rotatable bonds is 6. The Morgan fingerprint density at radius 3 is 2.48 bits per heavy atom. The zero-order chi connectivity index (χ0) is 22.6. The topological polar surface area (TPSA) is 85.4 Å². The Bertz CT molecular complexity index is 1180. The number of hydrogen-bond acceptors (Lipinski definition) is 6. The average Bonchev–Trinajstić information content (AvgIpc) is 3.26. The molecule has 158 valence electrons. The highest BCUT2D eigenvalue weighted by Crippen LogP contribution is 2.40. The van der Waals surface area contributed by atoms with Crippen molar-refractivity contribution in [2.45, 2.75) is 6.18 Å². The molecule has 0 radical (unpaired) electrons. The van der Waals surface area contributed by atoms with Crippen molar-refractivity contribution in [3.8, 4) is 23.3 Å². The van der Waals surface area contributed by atoms with E-state index in [0.717, 1.165) is 10.9 Å². The van der Waals surface area contributed by atoms with Gasteiger partial charge in [-0.05, 0) is 47.4 Å². The summed E-state index contributed by atoms with van der Waals surface area (Å²) in [5, 5.41) is 22.5. The fourth-order valence-electron chi connectivity index (χ4n) is 2.66. The van der Waals surface area contributed by atoms with Crippen molar-refractivity contribution in [1.29, 1.82) is 5.26 Å². The summed E-state index contributed by atoms with van der Waals surface area (Å²) in [5.41, 5.74) is -0.943. The Hall–Kier alpha value is -3.84. The standard InChI is InChI=1S/C21H13F3N2O4S/c1-29-19-10-13(9-14(12-25)20-3-2-8-31-20)4-6-18(19)30-17-7-5-15(21(22,23)24)11-16(17)26(27)28/h2-11H,1H3/b14-9+. The molecule has 0 aliphatic carbocycles. The van der Waals surface area contributed by atoms with Crippen LogP contribution in [0, 0.1) is 21.4 Å². The minimum Gasteiger partial charge on any atom is -0.493 e. The summed E-state index contributed by atoms with van der Waals surface area (Å²) < 4.78 is 49.4. The Morgan fingerprint density at radius 1 is 1.16 bits per heavy atom. The number of allylic oxidation sites excluding steroid dienone is 1. The SMILES string of the molecule is COc1cc(/C=C(\C#N)c2cccs2)ccc1Oc1ccc(C(F)(F)F)cc1[N+](=O)[O-]. The van der Waals surface area contributed by atoms with Gasteiger partial charge in [0.1, 0.15) is 6.07 Å². The smallest absolute Gasteiger partial charge is 0.416 e. The first kappa shape index (κ1) is 21.9. The molecule has 6 nitrogen and oxygen atoms in total. The molecule has 0 aliphatic rings. The van der Waals surface area contributed by atoms with E-state index in [1.54, 1.807) is 24.3 Å². The van der Waals surface area contributed by atoms with Crippen molar-refractivity contribution in [3.63, 3.8) is 0 Å². The second-order valence-corrected chi connectivity index (χ2v) is 7.04. The monoisotopic (exact) mass is 446 g/mol. The van der Waals surface area contributed by atoms with Gasteiger partial charge in [-0.25, -0.2) is 0 Å². The predicted molar refractivity (Wildman–Crippen MR) is 109 cm³/mol. The van der Waals surface area contributed by atoms with Crippen LogP contribution in [0.1, 0.15) is 16.0 Å². The minimum absolute atomic E-state index is 0.0668. The zero-order valence-electron chi connectivity index (χ0n) is 15.8. The molecule has 0 spiro atoms. The van der Waals surface area contributed by atoms with E-state index in [1.807, 2.05) is 11.4 Å². The van der Waals surface area contributed by atoms with Gasteiger partial charge in [-0.15, -0.1) is 11.3 Å². The van der Waals surface area contributed by atoms with Gasteiger partial charge < -0.3 is 9.47 Å². The van der Waals surface area contributed by atoms with Gasteiger partial charge >= 0.3 is 11.9 Å². The van der Waals surface area contributed by atoms with Crippen LogP contribution in [-0.4, -0.2) is 12.0 Å². The summed E-state index contributed by atoms with van der Waals surface area (Å²) >= 11 is 1.41. The maximum atomic E-state index is 12.9. The third kappa shape index (κ3) is 5.02. The van der Waals surface area contributed by atoms with Crippen LogP contribution in [-0.2, 0) is 6.18 Å². The highest BCUT2D eigenvalue weighted by molar-refractivity contribution is 7.11. The summed E-state index contributed by atoms with van der Waals surface area (Å²) in [6.07, 6.45) is -3.09. The molecule has 0 N–H and O–H groups in total. The van der Waals surface area contributed by atoms with Gasteiger partial charge in [0, 0.05) is 10.9 Å². The lowest BCUT2D eigenvalue weighted by Crippen LogP contribution is -2.06. The lowest BCUT2D eigenvalue weighted by atomic mass is 10.1. The number of nitro groups is 1. The Balaban J connectivity index is 1.96. The molecule has 2 aromatic carbocycles. The van der Waals surface area contributed by atoms with Crippen LogP contribution in [0.2, 0.25) is 0 Å². The van der Waals surface area contributed by atoms with E-state index in [-0.39, 0.29) is 17.2 Å². The Labute approximate surface area is 178 Å². The van der Waals surface area contributed by atoms with Crippen LogP contribution < -0.4 is 9.47 Å². The molecule has 0 aliphatic heterocycles. The maximum absolute atomic E-state index is 12.9. The van der Waals surface area contributed by atoms with E-state index in [2.05, 4.69) is 6.07 Å². The summed E-state index contributed by atoms with van der Waals surface area (Å²) in [7, 11) is 1.35. The molecule has 0 saturated carbocycles.